The zero-order valence-corrected chi connectivity index (χ0v) is 10.9. The van der Waals surface area contributed by atoms with Crippen molar-refractivity contribution in [1.29, 1.82) is 0 Å². The first-order chi connectivity index (χ1) is 8.34. The molecular formula is C15H19NS. The minimum absolute atomic E-state index is 0.159. The van der Waals surface area contributed by atoms with Crippen LogP contribution >= 0.6 is 11.8 Å². The fourth-order valence-electron chi connectivity index (χ4n) is 1.58. The molecule has 0 fully saturated rings. The number of thioether (sulfide) groups is 1. The van der Waals surface area contributed by atoms with Gasteiger partial charge in [-0.3, -0.25) is 0 Å². The molecule has 0 bridgehead atoms. The number of benzene rings is 1. The SMILES string of the molecule is C=CSC#CCCCCC(N)c1ccccc1. The van der Waals surface area contributed by atoms with E-state index in [4.69, 9.17) is 5.73 Å². The number of rotatable bonds is 6. The predicted molar refractivity (Wildman–Crippen MR) is 77.4 cm³/mol. The summed E-state index contributed by atoms with van der Waals surface area (Å²) in [6, 6.07) is 10.4. The molecule has 0 aliphatic heterocycles. The highest BCUT2D eigenvalue weighted by Crippen LogP contribution is 2.16. The van der Waals surface area contributed by atoms with Crippen LogP contribution in [0.4, 0.5) is 0 Å². The van der Waals surface area contributed by atoms with Gasteiger partial charge in [0.1, 0.15) is 0 Å². The highest BCUT2D eigenvalue weighted by molar-refractivity contribution is 8.06. The summed E-state index contributed by atoms with van der Waals surface area (Å²) in [6.45, 7) is 3.60. The molecule has 0 aliphatic carbocycles. The molecular weight excluding hydrogens is 226 g/mol. The van der Waals surface area contributed by atoms with Crippen molar-refractivity contribution >= 4 is 11.8 Å². The monoisotopic (exact) mass is 245 g/mol. The molecule has 0 radical (unpaired) electrons. The molecule has 0 amide bonds. The van der Waals surface area contributed by atoms with Gasteiger partial charge in [-0.2, -0.15) is 0 Å². The van der Waals surface area contributed by atoms with Crippen molar-refractivity contribution in [3.63, 3.8) is 0 Å². The first-order valence-electron chi connectivity index (χ1n) is 5.89. The minimum atomic E-state index is 0.159. The Morgan fingerprint density at radius 1 is 1.29 bits per heavy atom. The smallest absolute Gasteiger partial charge is 0.0294 e. The number of hydrogen-bond donors (Lipinski definition) is 1. The largest absolute Gasteiger partial charge is 0.324 e. The van der Waals surface area contributed by atoms with Crippen LogP contribution < -0.4 is 5.73 Å². The summed E-state index contributed by atoms with van der Waals surface area (Å²) in [5.41, 5.74) is 7.33. The van der Waals surface area contributed by atoms with Crippen LogP contribution in [0.3, 0.4) is 0 Å². The third kappa shape index (κ3) is 6.21. The van der Waals surface area contributed by atoms with Crippen LogP contribution in [0.5, 0.6) is 0 Å². The van der Waals surface area contributed by atoms with Crippen LogP contribution in [0.25, 0.3) is 0 Å². The molecule has 1 rings (SSSR count). The lowest BCUT2D eigenvalue weighted by molar-refractivity contribution is 0.592. The van der Waals surface area contributed by atoms with Gasteiger partial charge < -0.3 is 5.73 Å². The van der Waals surface area contributed by atoms with Crippen molar-refractivity contribution in [2.45, 2.75) is 31.7 Å². The van der Waals surface area contributed by atoms with E-state index < -0.39 is 0 Å². The summed E-state index contributed by atoms with van der Waals surface area (Å²) in [6.07, 6.45) is 4.22. The van der Waals surface area contributed by atoms with E-state index in [1.165, 1.54) is 17.3 Å². The zero-order chi connectivity index (χ0) is 12.3. The van der Waals surface area contributed by atoms with Gasteiger partial charge in [-0.25, -0.2) is 0 Å². The van der Waals surface area contributed by atoms with Crippen LogP contribution in [0.2, 0.25) is 0 Å². The Balaban J connectivity index is 2.15. The third-order valence-electron chi connectivity index (χ3n) is 2.51. The summed E-state index contributed by atoms with van der Waals surface area (Å²) in [7, 11) is 0. The second-order valence-corrected chi connectivity index (χ2v) is 4.60. The normalized spacial score (nSPS) is 11.4. The van der Waals surface area contributed by atoms with Gasteiger partial charge in [-0.05, 0) is 40.8 Å². The number of hydrogen-bond acceptors (Lipinski definition) is 2. The quantitative estimate of drug-likeness (QED) is 0.603. The average molecular weight is 245 g/mol. The highest BCUT2D eigenvalue weighted by atomic mass is 32.2. The molecule has 0 aromatic heterocycles. The topological polar surface area (TPSA) is 26.0 Å². The second-order valence-electron chi connectivity index (χ2n) is 3.83. The second kappa shape index (κ2) is 8.92. The highest BCUT2D eigenvalue weighted by Gasteiger charge is 2.03. The van der Waals surface area contributed by atoms with E-state index in [0.29, 0.717) is 0 Å². The molecule has 1 nitrogen and oxygen atoms in total. The Bertz CT molecular complexity index is 375. The number of nitrogens with two attached hydrogens (primary N) is 1. The van der Waals surface area contributed by atoms with Crippen molar-refractivity contribution < 1.29 is 0 Å². The summed E-state index contributed by atoms with van der Waals surface area (Å²) >= 11 is 1.45. The van der Waals surface area contributed by atoms with Crippen molar-refractivity contribution in [1.82, 2.24) is 0 Å². The van der Waals surface area contributed by atoms with Crippen LogP contribution in [0.15, 0.2) is 42.3 Å². The van der Waals surface area contributed by atoms with Crippen LogP contribution in [-0.4, -0.2) is 0 Å². The average Bonchev–Trinajstić information content (AvgIpc) is 2.38. The van der Waals surface area contributed by atoms with Crippen molar-refractivity contribution in [3.05, 3.63) is 47.9 Å². The summed E-state index contributed by atoms with van der Waals surface area (Å²) in [4.78, 5) is 0. The molecule has 2 heteroatoms. The van der Waals surface area contributed by atoms with E-state index in [2.05, 4.69) is 29.9 Å². The minimum Gasteiger partial charge on any atom is -0.324 e. The van der Waals surface area contributed by atoms with Gasteiger partial charge in [0.2, 0.25) is 0 Å². The molecule has 17 heavy (non-hydrogen) atoms. The Labute approximate surface area is 108 Å². The van der Waals surface area contributed by atoms with E-state index in [1.54, 1.807) is 5.41 Å². The summed E-state index contributed by atoms with van der Waals surface area (Å²) in [5.74, 6) is 3.10. The van der Waals surface area contributed by atoms with E-state index in [9.17, 15) is 0 Å². The lowest BCUT2D eigenvalue weighted by atomic mass is 10.0. The molecule has 1 atom stereocenters. The maximum Gasteiger partial charge on any atom is 0.0294 e. The van der Waals surface area contributed by atoms with Gasteiger partial charge in [0, 0.05) is 12.5 Å². The van der Waals surface area contributed by atoms with Crippen LogP contribution in [0, 0.1) is 11.2 Å². The molecule has 0 saturated carbocycles. The Morgan fingerprint density at radius 2 is 2.06 bits per heavy atom. The van der Waals surface area contributed by atoms with E-state index >= 15 is 0 Å². The van der Waals surface area contributed by atoms with Crippen molar-refractivity contribution in [3.8, 4) is 11.2 Å². The zero-order valence-electron chi connectivity index (χ0n) is 10.1. The molecule has 90 valence electrons. The Morgan fingerprint density at radius 3 is 2.76 bits per heavy atom. The maximum atomic E-state index is 6.10. The Hall–Kier alpha value is -1.17. The molecule has 0 spiro atoms. The van der Waals surface area contributed by atoms with E-state index in [-0.39, 0.29) is 6.04 Å². The van der Waals surface area contributed by atoms with Crippen molar-refractivity contribution in [2.24, 2.45) is 5.73 Å². The van der Waals surface area contributed by atoms with Crippen LogP contribution in [-0.2, 0) is 0 Å². The summed E-state index contributed by atoms with van der Waals surface area (Å²) < 4.78 is 0. The maximum absolute atomic E-state index is 6.10. The third-order valence-corrected chi connectivity index (χ3v) is 2.94. The first kappa shape index (κ1) is 13.9. The van der Waals surface area contributed by atoms with Gasteiger partial charge in [0.25, 0.3) is 0 Å². The van der Waals surface area contributed by atoms with Gasteiger partial charge in [0.05, 0.1) is 0 Å². The van der Waals surface area contributed by atoms with E-state index in [0.717, 1.165) is 25.7 Å². The lowest BCUT2D eigenvalue weighted by Gasteiger charge is -2.10. The molecule has 0 heterocycles. The summed E-state index contributed by atoms with van der Waals surface area (Å²) in [5, 5.41) is 4.72. The molecule has 1 unspecified atom stereocenters. The van der Waals surface area contributed by atoms with E-state index in [1.807, 2.05) is 18.2 Å². The first-order valence-corrected chi connectivity index (χ1v) is 6.77. The van der Waals surface area contributed by atoms with Gasteiger partial charge in [-0.15, -0.1) is 0 Å². The standard InChI is InChI=1S/C15H19NS/c1-2-17-13-9-4-3-8-12-15(16)14-10-6-5-7-11-14/h2,5-7,10-11,15H,1,3-4,8,12,16H2. The fourth-order valence-corrected chi connectivity index (χ4v) is 1.85. The van der Waals surface area contributed by atoms with Crippen molar-refractivity contribution in [2.75, 3.05) is 0 Å². The molecule has 0 aliphatic rings. The lowest BCUT2D eigenvalue weighted by Crippen LogP contribution is -2.09. The Kier molecular flexibility index (Phi) is 7.29. The molecule has 2 N–H and O–H groups in total. The van der Waals surface area contributed by atoms with Crippen LogP contribution in [0.1, 0.15) is 37.3 Å². The molecule has 1 aromatic carbocycles. The van der Waals surface area contributed by atoms with Gasteiger partial charge in [0.15, 0.2) is 0 Å². The van der Waals surface area contributed by atoms with Gasteiger partial charge in [-0.1, -0.05) is 49.3 Å². The number of unbranched alkanes of at least 4 members (excludes halogenated alkanes) is 2. The molecule has 1 aromatic rings. The predicted octanol–water partition coefficient (Wildman–Crippen LogP) is 4.08. The fraction of sp³-hybridized carbons (Fsp3) is 0.333. The van der Waals surface area contributed by atoms with Gasteiger partial charge >= 0.3 is 0 Å². The molecule has 0 saturated heterocycles.